The van der Waals surface area contributed by atoms with E-state index in [4.69, 9.17) is 0 Å². The summed E-state index contributed by atoms with van der Waals surface area (Å²) in [4.78, 5) is 31.2. The van der Waals surface area contributed by atoms with Gasteiger partial charge in [0.1, 0.15) is 23.5 Å². The van der Waals surface area contributed by atoms with Gasteiger partial charge < -0.3 is 5.32 Å². The molecule has 3 heterocycles. The highest BCUT2D eigenvalue weighted by Gasteiger charge is 2.17. The van der Waals surface area contributed by atoms with E-state index in [1.54, 1.807) is 13.0 Å². The molecule has 3 aromatic heterocycles. The highest BCUT2D eigenvalue weighted by atomic mass is 32.1. The van der Waals surface area contributed by atoms with Gasteiger partial charge >= 0.3 is 5.69 Å². The zero-order valence-corrected chi connectivity index (χ0v) is 15.7. The predicted octanol–water partition coefficient (Wildman–Crippen LogP) is 2.81. The van der Waals surface area contributed by atoms with E-state index in [1.165, 1.54) is 34.2 Å². The van der Waals surface area contributed by atoms with Gasteiger partial charge in [-0.15, -0.1) is 16.4 Å². The molecule has 0 spiro atoms. The molecular formula is C18H16FN5O2S. The first-order valence-corrected chi connectivity index (χ1v) is 9.06. The maximum Gasteiger partial charge on any atom is 0.352 e. The Bertz CT molecular complexity index is 1270. The van der Waals surface area contributed by atoms with Gasteiger partial charge in [0, 0.05) is 10.6 Å². The minimum absolute atomic E-state index is 0.278. The normalized spacial score (nSPS) is 11.4. The Balaban J connectivity index is 1.71. The molecule has 27 heavy (non-hydrogen) atoms. The maximum atomic E-state index is 13.4. The number of anilines is 1. The molecule has 0 fully saturated rings. The Morgan fingerprint density at radius 3 is 2.85 bits per heavy atom. The first kappa shape index (κ1) is 17.3. The molecule has 4 rings (SSSR count). The number of nitrogens with one attached hydrogen (secondary N) is 1. The molecule has 4 aromatic rings. The summed E-state index contributed by atoms with van der Waals surface area (Å²) in [6.07, 6.45) is 1.42. The summed E-state index contributed by atoms with van der Waals surface area (Å²) in [5, 5.41) is 7.77. The van der Waals surface area contributed by atoms with Crippen molar-refractivity contribution >= 4 is 38.8 Å². The lowest BCUT2D eigenvalue weighted by Crippen LogP contribution is -2.28. The average Bonchev–Trinajstić information content (AvgIpc) is 3.08. The average molecular weight is 385 g/mol. The summed E-state index contributed by atoms with van der Waals surface area (Å²) in [6.45, 7) is 5.43. The van der Waals surface area contributed by atoms with E-state index >= 15 is 0 Å². The highest BCUT2D eigenvalue weighted by molar-refractivity contribution is 7.18. The zero-order valence-electron chi connectivity index (χ0n) is 14.9. The first-order chi connectivity index (χ1) is 12.8. The zero-order chi connectivity index (χ0) is 19.3. The molecule has 0 aliphatic carbocycles. The van der Waals surface area contributed by atoms with Crippen molar-refractivity contribution in [3.8, 4) is 0 Å². The Morgan fingerprint density at radius 2 is 2.07 bits per heavy atom. The molecule has 0 saturated heterocycles. The van der Waals surface area contributed by atoms with Crippen LogP contribution in [-0.2, 0) is 11.3 Å². The number of aryl methyl sites for hydroxylation is 3. The van der Waals surface area contributed by atoms with Crippen LogP contribution in [0.1, 0.15) is 16.0 Å². The molecule has 138 valence electrons. The molecule has 0 aliphatic heterocycles. The van der Waals surface area contributed by atoms with E-state index in [-0.39, 0.29) is 6.54 Å². The molecule has 0 radical (unpaired) electrons. The van der Waals surface area contributed by atoms with Crippen LogP contribution in [-0.4, -0.2) is 25.1 Å². The molecule has 0 atom stereocenters. The number of aromatic nitrogens is 4. The number of carbonyl (C=O) groups is 1. The molecule has 7 nitrogen and oxygen atoms in total. The largest absolute Gasteiger partial charge is 0.352 e. The van der Waals surface area contributed by atoms with E-state index in [9.17, 15) is 14.0 Å². The molecule has 0 unspecified atom stereocenters. The molecule has 1 amide bonds. The second-order valence-corrected chi connectivity index (χ2v) is 7.55. The number of carbonyl (C=O) groups excluding carboxylic acids is 1. The molecule has 1 N–H and O–H groups in total. The van der Waals surface area contributed by atoms with Crippen molar-refractivity contribution < 1.29 is 9.18 Å². The quantitative estimate of drug-likeness (QED) is 0.588. The number of amides is 1. The molecule has 1 aromatic carbocycles. The summed E-state index contributed by atoms with van der Waals surface area (Å²) in [5.41, 5.74) is 2.13. The van der Waals surface area contributed by atoms with Crippen LogP contribution in [0.3, 0.4) is 0 Å². The lowest BCUT2D eigenvalue weighted by molar-refractivity contribution is -0.117. The Hall–Kier alpha value is -3.07. The van der Waals surface area contributed by atoms with Crippen LogP contribution in [0.15, 0.2) is 29.3 Å². The third-order valence-electron chi connectivity index (χ3n) is 4.52. The topological polar surface area (TPSA) is 81.3 Å². The minimum Gasteiger partial charge on any atom is -0.324 e. The van der Waals surface area contributed by atoms with E-state index in [1.807, 2.05) is 13.8 Å². The van der Waals surface area contributed by atoms with Crippen LogP contribution in [0.2, 0.25) is 0 Å². The molecule has 0 saturated carbocycles. The van der Waals surface area contributed by atoms with E-state index in [0.29, 0.717) is 11.3 Å². The van der Waals surface area contributed by atoms with Crippen molar-refractivity contribution in [1.82, 2.24) is 19.2 Å². The van der Waals surface area contributed by atoms with E-state index < -0.39 is 17.4 Å². The number of benzene rings is 1. The summed E-state index contributed by atoms with van der Waals surface area (Å²) < 4.78 is 15.8. The molecule has 0 aliphatic rings. The number of halogens is 1. The van der Waals surface area contributed by atoms with Gasteiger partial charge in [-0.2, -0.15) is 0 Å². The van der Waals surface area contributed by atoms with Crippen LogP contribution in [0, 0.1) is 26.6 Å². The van der Waals surface area contributed by atoms with Crippen LogP contribution < -0.4 is 11.0 Å². The van der Waals surface area contributed by atoms with Crippen LogP contribution in [0.5, 0.6) is 0 Å². The summed E-state index contributed by atoms with van der Waals surface area (Å²) in [6, 6.07) is 4.14. The van der Waals surface area contributed by atoms with Gasteiger partial charge in [-0.05, 0) is 44.0 Å². The van der Waals surface area contributed by atoms with Gasteiger partial charge in [-0.25, -0.2) is 23.3 Å². The number of fused-ring (bicyclic) bond motifs is 3. The monoisotopic (exact) mass is 385 g/mol. The first-order valence-electron chi connectivity index (χ1n) is 8.25. The lowest BCUT2D eigenvalue weighted by Gasteiger charge is -2.07. The highest BCUT2D eigenvalue weighted by Crippen LogP contribution is 2.30. The van der Waals surface area contributed by atoms with Gasteiger partial charge in [0.25, 0.3) is 0 Å². The van der Waals surface area contributed by atoms with Gasteiger partial charge in [0.2, 0.25) is 5.91 Å². The third kappa shape index (κ3) is 2.89. The third-order valence-corrected chi connectivity index (χ3v) is 5.63. The fraction of sp³-hybridized carbons (Fsp3) is 0.222. The second-order valence-electron chi connectivity index (χ2n) is 6.35. The van der Waals surface area contributed by atoms with Crippen molar-refractivity contribution in [3.63, 3.8) is 0 Å². The van der Waals surface area contributed by atoms with Crippen molar-refractivity contribution in [2.24, 2.45) is 0 Å². The van der Waals surface area contributed by atoms with Gasteiger partial charge in [-0.3, -0.25) is 4.79 Å². The second kappa shape index (κ2) is 6.27. The SMILES string of the molecule is Cc1ccc(F)cc1NC(=O)Cn1nc2c3c(C)c(C)sc3ncn2c1=O. The standard InChI is InChI=1S/C18H16FN5O2S/c1-9-4-5-12(19)6-13(9)21-14(25)7-24-18(26)23-8-20-17-15(16(23)22-24)10(2)11(3)27-17/h4-6,8H,7H2,1-3H3,(H,21,25). The van der Waals surface area contributed by atoms with Crippen molar-refractivity contribution in [3.05, 3.63) is 56.8 Å². The molecular weight excluding hydrogens is 369 g/mol. The van der Waals surface area contributed by atoms with Crippen molar-refractivity contribution in [2.75, 3.05) is 5.32 Å². The molecule has 0 bridgehead atoms. The summed E-state index contributed by atoms with van der Waals surface area (Å²) in [7, 11) is 0. The maximum absolute atomic E-state index is 13.4. The Morgan fingerprint density at radius 1 is 1.30 bits per heavy atom. The van der Waals surface area contributed by atoms with Crippen LogP contribution >= 0.6 is 11.3 Å². The van der Waals surface area contributed by atoms with Gasteiger partial charge in [0.05, 0.1) is 5.39 Å². The fourth-order valence-electron chi connectivity index (χ4n) is 2.93. The summed E-state index contributed by atoms with van der Waals surface area (Å²) in [5.74, 6) is -0.908. The van der Waals surface area contributed by atoms with E-state index in [0.717, 1.165) is 30.9 Å². The lowest BCUT2D eigenvalue weighted by atomic mass is 10.2. The number of nitrogens with zero attached hydrogens (tertiary/aromatic N) is 4. The van der Waals surface area contributed by atoms with Crippen molar-refractivity contribution in [1.29, 1.82) is 0 Å². The number of thiophene rings is 1. The Labute approximate surface area is 157 Å². The number of rotatable bonds is 3. The smallest absolute Gasteiger partial charge is 0.324 e. The fourth-order valence-corrected chi connectivity index (χ4v) is 3.92. The Kier molecular flexibility index (Phi) is 4.03. The van der Waals surface area contributed by atoms with Gasteiger partial charge in [0.15, 0.2) is 5.65 Å². The van der Waals surface area contributed by atoms with Gasteiger partial charge in [-0.1, -0.05) is 6.07 Å². The minimum atomic E-state index is -0.461. The van der Waals surface area contributed by atoms with Crippen LogP contribution in [0.25, 0.3) is 15.9 Å². The summed E-state index contributed by atoms with van der Waals surface area (Å²) >= 11 is 1.54. The van der Waals surface area contributed by atoms with Crippen LogP contribution in [0.4, 0.5) is 10.1 Å². The van der Waals surface area contributed by atoms with Crippen molar-refractivity contribution in [2.45, 2.75) is 27.3 Å². The number of hydrogen-bond donors (Lipinski definition) is 1. The molecule has 9 heteroatoms. The van der Waals surface area contributed by atoms with E-state index in [2.05, 4.69) is 15.4 Å². The number of hydrogen-bond acceptors (Lipinski definition) is 5. The predicted molar refractivity (Wildman–Crippen MR) is 102 cm³/mol.